The highest BCUT2D eigenvalue weighted by Gasteiger charge is 2.08. The first-order valence-electron chi connectivity index (χ1n) is 5.74. The molecule has 0 heterocycles. The lowest BCUT2D eigenvalue weighted by atomic mass is 10.1. The molecule has 2 aromatic carbocycles. The van der Waals surface area contributed by atoms with E-state index in [-0.39, 0.29) is 11.3 Å². The Kier molecular flexibility index (Phi) is 4.47. The third-order valence-corrected chi connectivity index (χ3v) is 3.32. The third kappa shape index (κ3) is 3.40. The molecule has 0 aliphatic heterocycles. The average Bonchev–Trinajstić information content (AvgIpc) is 2.39. The molecular weight excluding hydrogens is 302 g/mol. The van der Waals surface area contributed by atoms with Gasteiger partial charge in [-0.15, -0.1) is 0 Å². The van der Waals surface area contributed by atoms with Gasteiger partial charge < -0.3 is 11.1 Å². The second kappa shape index (κ2) is 6.11. The molecule has 3 N–H and O–H groups in total. The van der Waals surface area contributed by atoms with Crippen molar-refractivity contribution in [2.75, 3.05) is 5.32 Å². The molecule has 0 aliphatic carbocycles. The summed E-state index contributed by atoms with van der Waals surface area (Å²) in [6.07, 6.45) is 0. The number of rotatable bonds is 4. The minimum atomic E-state index is -0.613. The number of anilines is 1. The predicted octanol–water partition coefficient (Wildman–Crippen LogP) is 3.84. The summed E-state index contributed by atoms with van der Waals surface area (Å²) in [6.45, 7) is 0.301. The van der Waals surface area contributed by atoms with Crippen molar-refractivity contribution in [3.63, 3.8) is 0 Å². The van der Waals surface area contributed by atoms with Gasteiger partial charge in [0.05, 0.1) is 5.69 Å². The van der Waals surface area contributed by atoms with Crippen molar-refractivity contribution in [2.45, 2.75) is 6.54 Å². The van der Waals surface area contributed by atoms with Gasteiger partial charge in [0.25, 0.3) is 0 Å². The van der Waals surface area contributed by atoms with Crippen LogP contribution in [0, 0.1) is 5.82 Å². The van der Waals surface area contributed by atoms with Crippen LogP contribution in [-0.4, -0.2) is 5.91 Å². The molecule has 3 nitrogen and oxygen atoms in total. The van der Waals surface area contributed by atoms with E-state index in [0.29, 0.717) is 16.6 Å². The standard InChI is InChI=1S/C14H11Cl2FN2O/c15-10-3-1-9(11(16)6-10)7-19-13-5-8(14(18)20)2-4-12(13)17/h1-6,19H,7H2,(H2,18,20). The summed E-state index contributed by atoms with van der Waals surface area (Å²) in [6, 6.07) is 8.93. The molecule has 0 saturated heterocycles. The molecule has 0 spiro atoms. The van der Waals surface area contributed by atoms with Gasteiger partial charge in [-0.25, -0.2) is 4.39 Å². The maximum absolute atomic E-state index is 13.6. The Balaban J connectivity index is 2.18. The zero-order chi connectivity index (χ0) is 14.7. The van der Waals surface area contributed by atoms with Crippen molar-refractivity contribution in [3.8, 4) is 0 Å². The third-order valence-electron chi connectivity index (χ3n) is 2.74. The van der Waals surface area contributed by atoms with Gasteiger partial charge in [0.1, 0.15) is 5.82 Å². The molecule has 2 aromatic rings. The molecule has 20 heavy (non-hydrogen) atoms. The van der Waals surface area contributed by atoms with Gasteiger partial charge in [-0.3, -0.25) is 4.79 Å². The molecule has 1 amide bonds. The lowest BCUT2D eigenvalue weighted by Crippen LogP contribution is -2.12. The van der Waals surface area contributed by atoms with Gasteiger partial charge in [0.2, 0.25) is 5.91 Å². The SMILES string of the molecule is NC(=O)c1ccc(F)c(NCc2ccc(Cl)cc2Cl)c1. The molecule has 0 fully saturated rings. The van der Waals surface area contributed by atoms with Crippen molar-refractivity contribution in [2.24, 2.45) is 5.73 Å². The topological polar surface area (TPSA) is 55.1 Å². The molecule has 0 radical (unpaired) electrons. The van der Waals surface area contributed by atoms with E-state index in [1.807, 2.05) is 0 Å². The number of carbonyl (C=O) groups excluding carboxylic acids is 1. The number of benzene rings is 2. The Hall–Kier alpha value is -1.78. The number of hydrogen-bond donors (Lipinski definition) is 2. The highest BCUT2D eigenvalue weighted by Crippen LogP contribution is 2.23. The summed E-state index contributed by atoms with van der Waals surface area (Å²) < 4.78 is 13.6. The van der Waals surface area contributed by atoms with Gasteiger partial charge in [0.15, 0.2) is 0 Å². The first-order chi connectivity index (χ1) is 9.47. The lowest BCUT2D eigenvalue weighted by molar-refractivity contribution is 0.100. The van der Waals surface area contributed by atoms with Gasteiger partial charge >= 0.3 is 0 Å². The summed E-state index contributed by atoms with van der Waals surface area (Å²) in [7, 11) is 0. The van der Waals surface area contributed by atoms with E-state index in [1.165, 1.54) is 18.2 Å². The largest absolute Gasteiger partial charge is 0.379 e. The maximum atomic E-state index is 13.6. The lowest BCUT2D eigenvalue weighted by Gasteiger charge is -2.10. The van der Waals surface area contributed by atoms with Crippen LogP contribution in [0.4, 0.5) is 10.1 Å². The number of hydrogen-bond acceptors (Lipinski definition) is 2. The van der Waals surface area contributed by atoms with Crippen LogP contribution in [0.25, 0.3) is 0 Å². The van der Waals surface area contributed by atoms with Crippen LogP contribution in [0.15, 0.2) is 36.4 Å². The molecule has 0 atom stereocenters. The summed E-state index contributed by atoms with van der Waals surface area (Å²) in [5.74, 6) is -1.09. The van der Waals surface area contributed by atoms with E-state index in [2.05, 4.69) is 5.32 Å². The van der Waals surface area contributed by atoms with Crippen LogP contribution in [0.5, 0.6) is 0 Å². The number of halogens is 3. The van der Waals surface area contributed by atoms with Crippen LogP contribution in [0.2, 0.25) is 10.0 Å². The van der Waals surface area contributed by atoms with Crippen LogP contribution >= 0.6 is 23.2 Å². The van der Waals surface area contributed by atoms with Crippen molar-refractivity contribution in [1.29, 1.82) is 0 Å². The second-order valence-electron chi connectivity index (χ2n) is 4.15. The fourth-order valence-electron chi connectivity index (χ4n) is 1.67. The number of nitrogens with one attached hydrogen (secondary N) is 1. The molecule has 6 heteroatoms. The van der Waals surface area contributed by atoms with E-state index in [0.717, 1.165) is 5.56 Å². The quantitative estimate of drug-likeness (QED) is 0.901. The number of primary amides is 1. The van der Waals surface area contributed by atoms with Gasteiger partial charge in [-0.1, -0.05) is 29.3 Å². The fourth-order valence-corrected chi connectivity index (χ4v) is 2.14. The first kappa shape index (κ1) is 14.6. The number of carbonyl (C=O) groups is 1. The molecule has 0 bridgehead atoms. The van der Waals surface area contributed by atoms with Gasteiger partial charge in [-0.2, -0.15) is 0 Å². The molecular formula is C14H11Cl2FN2O. The number of nitrogens with two attached hydrogens (primary N) is 1. The normalized spacial score (nSPS) is 10.3. The molecule has 0 saturated carbocycles. The monoisotopic (exact) mass is 312 g/mol. The summed E-state index contributed by atoms with van der Waals surface area (Å²) in [5, 5.41) is 3.89. The van der Waals surface area contributed by atoms with E-state index < -0.39 is 11.7 Å². The molecule has 0 aliphatic rings. The van der Waals surface area contributed by atoms with Crippen molar-refractivity contribution < 1.29 is 9.18 Å². The zero-order valence-corrected chi connectivity index (χ0v) is 11.8. The van der Waals surface area contributed by atoms with Crippen LogP contribution in [0.1, 0.15) is 15.9 Å². The highest BCUT2D eigenvalue weighted by molar-refractivity contribution is 6.35. The number of amides is 1. The summed E-state index contributed by atoms with van der Waals surface area (Å²) in [4.78, 5) is 11.1. The van der Waals surface area contributed by atoms with Crippen molar-refractivity contribution in [3.05, 3.63) is 63.4 Å². The van der Waals surface area contributed by atoms with Crippen LogP contribution < -0.4 is 11.1 Å². The van der Waals surface area contributed by atoms with E-state index >= 15 is 0 Å². The Labute approximate surface area is 125 Å². The van der Waals surface area contributed by atoms with Gasteiger partial charge in [0, 0.05) is 22.2 Å². The van der Waals surface area contributed by atoms with E-state index in [9.17, 15) is 9.18 Å². The van der Waals surface area contributed by atoms with Crippen molar-refractivity contribution in [1.82, 2.24) is 0 Å². The Bertz CT molecular complexity index is 662. The molecule has 0 unspecified atom stereocenters. The first-order valence-corrected chi connectivity index (χ1v) is 6.50. The van der Waals surface area contributed by atoms with E-state index in [1.54, 1.807) is 18.2 Å². The average molecular weight is 313 g/mol. The van der Waals surface area contributed by atoms with E-state index in [4.69, 9.17) is 28.9 Å². The van der Waals surface area contributed by atoms with Gasteiger partial charge in [-0.05, 0) is 35.9 Å². The Morgan fingerprint density at radius 2 is 1.95 bits per heavy atom. The molecule has 2 rings (SSSR count). The summed E-state index contributed by atoms with van der Waals surface area (Å²) >= 11 is 11.8. The fraction of sp³-hybridized carbons (Fsp3) is 0.0714. The highest BCUT2D eigenvalue weighted by atomic mass is 35.5. The molecule has 0 aromatic heterocycles. The Morgan fingerprint density at radius 1 is 1.20 bits per heavy atom. The Morgan fingerprint density at radius 3 is 2.60 bits per heavy atom. The predicted molar refractivity (Wildman–Crippen MR) is 78.7 cm³/mol. The van der Waals surface area contributed by atoms with Crippen LogP contribution in [-0.2, 0) is 6.54 Å². The minimum Gasteiger partial charge on any atom is -0.379 e. The smallest absolute Gasteiger partial charge is 0.248 e. The zero-order valence-electron chi connectivity index (χ0n) is 10.3. The summed E-state index contributed by atoms with van der Waals surface area (Å²) in [5.41, 5.74) is 6.34. The second-order valence-corrected chi connectivity index (χ2v) is 4.99. The van der Waals surface area contributed by atoms with Crippen molar-refractivity contribution >= 4 is 34.8 Å². The van der Waals surface area contributed by atoms with Crippen LogP contribution in [0.3, 0.4) is 0 Å². The molecule has 104 valence electrons. The minimum absolute atomic E-state index is 0.187. The maximum Gasteiger partial charge on any atom is 0.248 e.